The summed E-state index contributed by atoms with van der Waals surface area (Å²) in [6, 6.07) is 0. The van der Waals surface area contributed by atoms with Crippen molar-refractivity contribution in [3.63, 3.8) is 0 Å². The van der Waals surface area contributed by atoms with E-state index in [-0.39, 0.29) is 16.2 Å². The highest BCUT2D eigenvalue weighted by Gasteiger charge is 2.23. The van der Waals surface area contributed by atoms with Crippen molar-refractivity contribution >= 4 is 29.1 Å². The van der Waals surface area contributed by atoms with Crippen LogP contribution in [-0.2, 0) is 0 Å². The van der Waals surface area contributed by atoms with E-state index in [1.165, 1.54) is 6.92 Å². The van der Waals surface area contributed by atoms with Crippen LogP contribution in [0.1, 0.15) is 27.0 Å². The van der Waals surface area contributed by atoms with Crippen molar-refractivity contribution in [1.29, 1.82) is 0 Å². The monoisotopic (exact) mass is 214 g/mol. The Kier molecular flexibility index (Phi) is 2.85. The fourth-order valence-electron chi connectivity index (χ4n) is 1.05. The molecule has 76 valence electrons. The minimum absolute atomic E-state index is 0.00111. The number of carbonyl (C=O) groups is 2. The number of aromatic nitrogens is 1. The number of aromatic carboxylic acids is 1. The maximum absolute atomic E-state index is 11.2. The molecule has 0 aliphatic rings. The zero-order valence-corrected chi connectivity index (χ0v) is 8.88. The average molecular weight is 214 g/mol. The van der Waals surface area contributed by atoms with Gasteiger partial charge in [-0.25, -0.2) is 4.79 Å². The predicted molar refractivity (Wildman–Crippen MR) is 53.4 cm³/mol. The largest absolute Gasteiger partial charge is 0.477 e. The Labute approximate surface area is 85.1 Å². The van der Waals surface area contributed by atoms with E-state index in [9.17, 15) is 9.59 Å². The highest BCUT2D eigenvalue weighted by Crippen LogP contribution is 2.25. The van der Waals surface area contributed by atoms with E-state index in [1.807, 2.05) is 0 Å². The van der Waals surface area contributed by atoms with E-state index in [4.69, 9.17) is 5.11 Å². The molecular formula is C8H10N2O3S. The number of carboxylic acid groups (broad SMARTS) is 1. The third-order valence-electron chi connectivity index (χ3n) is 1.64. The smallest absolute Gasteiger partial charge is 0.348 e. The van der Waals surface area contributed by atoms with Crippen LogP contribution in [0.3, 0.4) is 0 Å². The Hall–Kier alpha value is -1.43. The van der Waals surface area contributed by atoms with Crippen LogP contribution in [0.25, 0.3) is 0 Å². The molecular weight excluding hydrogens is 204 g/mol. The SMILES string of the molecule is CC(=O)c1c(N(C)C)nsc1C(=O)O. The zero-order chi connectivity index (χ0) is 10.9. The summed E-state index contributed by atoms with van der Waals surface area (Å²) >= 11 is 0.829. The molecule has 0 radical (unpaired) electrons. The van der Waals surface area contributed by atoms with Gasteiger partial charge in [0, 0.05) is 14.1 Å². The van der Waals surface area contributed by atoms with E-state index in [2.05, 4.69) is 4.37 Å². The van der Waals surface area contributed by atoms with Crippen LogP contribution in [0, 0.1) is 0 Å². The van der Waals surface area contributed by atoms with E-state index < -0.39 is 5.97 Å². The number of hydrogen-bond acceptors (Lipinski definition) is 5. The van der Waals surface area contributed by atoms with E-state index in [1.54, 1.807) is 19.0 Å². The average Bonchev–Trinajstić information content (AvgIpc) is 2.46. The van der Waals surface area contributed by atoms with E-state index >= 15 is 0 Å². The number of ketones is 1. The zero-order valence-electron chi connectivity index (χ0n) is 8.07. The highest BCUT2D eigenvalue weighted by atomic mass is 32.1. The second kappa shape index (κ2) is 3.75. The number of carbonyl (C=O) groups excluding carboxylic acids is 1. The van der Waals surface area contributed by atoms with Crippen molar-refractivity contribution in [3.8, 4) is 0 Å². The number of anilines is 1. The van der Waals surface area contributed by atoms with E-state index in [0.29, 0.717) is 5.82 Å². The maximum Gasteiger partial charge on any atom is 0.348 e. The van der Waals surface area contributed by atoms with Gasteiger partial charge in [0.25, 0.3) is 0 Å². The lowest BCUT2D eigenvalue weighted by atomic mass is 10.2. The van der Waals surface area contributed by atoms with Gasteiger partial charge in [0.2, 0.25) is 0 Å². The Morgan fingerprint density at radius 3 is 2.36 bits per heavy atom. The van der Waals surface area contributed by atoms with Crippen molar-refractivity contribution in [2.24, 2.45) is 0 Å². The van der Waals surface area contributed by atoms with Crippen LogP contribution in [0.2, 0.25) is 0 Å². The van der Waals surface area contributed by atoms with Gasteiger partial charge >= 0.3 is 5.97 Å². The molecule has 6 heteroatoms. The van der Waals surface area contributed by atoms with Gasteiger partial charge in [-0.2, -0.15) is 4.37 Å². The number of nitrogens with zero attached hydrogens (tertiary/aromatic N) is 2. The molecule has 0 atom stereocenters. The maximum atomic E-state index is 11.2. The molecule has 0 aromatic carbocycles. The van der Waals surface area contributed by atoms with Crippen molar-refractivity contribution in [1.82, 2.24) is 4.37 Å². The molecule has 0 aliphatic carbocycles. The molecule has 0 bridgehead atoms. The molecule has 1 N–H and O–H groups in total. The van der Waals surface area contributed by atoms with Crippen LogP contribution in [0.15, 0.2) is 0 Å². The lowest BCUT2D eigenvalue weighted by Crippen LogP contribution is -2.14. The number of Topliss-reactive ketones (excluding diaryl/α,β-unsaturated/α-hetero) is 1. The fourth-order valence-corrected chi connectivity index (χ4v) is 1.89. The molecule has 0 amide bonds. The quantitative estimate of drug-likeness (QED) is 0.763. The topological polar surface area (TPSA) is 70.5 Å². The summed E-state index contributed by atoms with van der Waals surface area (Å²) in [5.74, 6) is -0.972. The molecule has 0 saturated heterocycles. The first-order valence-corrected chi connectivity index (χ1v) is 4.63. The van der Waals surface area contributed by atoms with Gasteiger partial charge in [-0.15, -0.1) is 0 Å². The normalized spacial score (nSPS) is 9.93. The summed E-state index contributed by atoms with van der Waals surface area (Å²) in [5, 5.41) is 8.81. The van der Waals surface area contributed by atoms with Crippen LogP contribution < -0.4 is 4.90 Å². The molecule has 1 aromatic heterocycles. The Bertz CT molecular complexity index is 384. The molecule has 0 spiro atoms. The Morgan fingerprint density at radius 1 is 1.43 bits per heavy atom. The van der Waals surface area contributed by atoms with Gasteiger partial charge in [-0.3, -0.25) is 4.79 Å². The number of hydrogen-bond donors (Lipinski definition) is 1. The Morgan fingerprint density at radius 2 is 2.00 bits per heavy atom. The molecule has 1 heterocycles. The van der Waals surface area contributed by atoms with Crippen LogP contribution in [-0.4, -0.2) is 35.3 Å². The fraction of sp³-hybridized carbons (Fsp3) is 0.375. The summed E-state index contributed by atoms with van der Waals surface area (Å²) in [4.78, 5) is 23.6. The van der Waals surface area contributed by atoms with Crippen molar-refractivity contribution in [3.05, 3.63) is 10.4 Å². The first-order valence-electron chi connectivity index (χ1n) is 3.86. The minimum atomic E-state index is -1.11. The van der Waals surface area contributed by atoms with Crippen molar-refractivity contribution < 1.29 is 14.7 Å². The van der Waals surface area contributed by atoms with Crippen molar-refractivity contribution in [2.75, 3.05) is 19.0 Å². The summed E-state index contributed by atoms with van der Waals surface area (Å²) < 4.78 is 3.92. The lowest BCUT2D eigenvalue weighted by Gasteiger charge is -2.09. The standard InChI is InChI=1S/C8H10N2O3S/c1-4(11)5-6(8(12)13)14-9-7(5)10(2)3/h1-3H3,(H,12,13). The molecule has 0 saturated carbocycles. The second-order valence-electron chi connectivity index (χ2n) is 2.97. The van der Waals surface area contributed by atoms with Crippen LogP contribution >= 0.6 is 11.5 Å². The second-order valence-corrected chi connectivity index (χ2v) is 3.74. The molecule has 5 nitrogen and oxygen atoms in total. The van der Waals surface area contributed by atoms with Gasteiger partial charge in [0.1, 0.15) is 4.88 Å². The lowest BCUT2D eigenvalue weighted by molar-refractivity contribution is 0.0698. The molecule has 0 unspecified atom stereocenters. The summed E-state index contributed by atoms with van der Waals surface area (Å²) in [5.41, 5.74) is 0.188. The number of rotatable bonds is 3. The predicted octanol–water partition coefficient (Wildman–Crippen LogP) is 1.11. The Balaban J connectivity index is 3.35. The molecule has 0 fully saturated rings. The van der Waals surface area contributed by atoms with Crippen LogP contribution in [0.4, 0.5) is 5.82 Å². The third kappa shape index (κ3) is 1.74. The molecule has 14 heavy (non-hydrogen) atoms. The molecule has 1 rings (SSSR count). The highest BCUT2D eigenvalue weighted by molar-refractivity contribution is 7.08. The molecule has 0 aliphatic heterocycles. The molecule has 1 aromatic rings. The van der Waals surface area contributed by atoms with E-state index in [0.717, 1.165) is 11.5 Å². The third-order valence-corrected chi connectivity index (χ3v) is 2.47. The minimum Gasteiger partial charge on any atom is -0.477 e. The number of carboxylic acids is 1. The summed E-state index contributed by atoms with van der Waals surface area (Å²) in [6.07, 6.45) is 0. The van der Waals surface area contributed by atoms with Gasteiger partial charge in [-0.05, 0) is 18.5 Å². The van der Waals surface area contributed by atoms with Gasteiger partial charge < -0.3 is 10.0 Å². The first kappa shape index (κ1) is 10.6. The van der Waals surface area contributed by atoms with Crippen molar-refractivity contribution in [2.45, 2.75) is 6.92 Å². The van der Waals surface area contributed by atoms with Gasteiger partial charge in [-0.1, -0.05) is 0 Å². The van der Waals surface area contributed by atoms with Gasteiger partial charge in [0.15, 0.2) is 11.6 Å². The summed E-state index contributed by atoms with van der Waals surface area (Å²) in [6.45, 7) is 1.34. The van der Waals surface area contributed by atoms with Crippen LogP contribution in [0.5, 0.6) is 0 Å². The first-order chi connectivity index (χ1) is 6.45. The van der Waals surface area contributed by atoms with Gasteiger partial charge in [0.05, 0.1) is 5.56 Å². The summed E-state index contributed by atoms with van der Waals surface area (Å²) in [7, 11) is 3.43.